The molecule has 1 saturated heterocycles. The summed E-state index contributed by atoms with van der Waals surface area (Å²) in [7, 11) is 0. The van der Waals surface area contributed by atoms with Crippen molar-refractivity contribution in [2.75, 3.05) is 19.8 Å². The molecule has 1 aliphatic rings. The average Bonchev–Trinajstić information content (AvgIpc) is 3.03. The molecule has 0 saturated carbocycles. The molecular weight excluding hydrogens is 320 g/mol. The third kappa shape index (κ3) is 9.62. The molecule has 0 aromatic heterocycles. The molecule has 0 aliphatic carbocycles. The Kier molecular flexibility index (Phi) is 11.2. The van der Waals surface area contributed by atoms with E-state index in [9.17, 15) is 9.59 Å². The van der Waals surface area contributed by atoms with Crippen LogP contribution in [0.4, 0.5) is 0 Å². The highest BCUT2D eigenvalue weighted by molar-refractivity contribution is 5.95. The van der Waals surface area contributed by atoms with Crippen LogP contribution in [0.25, 0.3) is 0 Å². The fourth-order valence-electron chi connectivity index (χ4n) is 2.81. The van der Waals surface area contributed by atoms with Crippen LogP contribution >= 0.6 is 0 Å². The Labute approximate surface area is 151 Å². The summed E-state index contributed by atoms with van der Waals surface area (Å²) in [5.41, 5.74) is 0. The lowest BCUT2D eigenvalue weighted by atomic mass is 10.1. The van der Waals surface area contributed by atoms with Crippen molar-refractivity contribution in [3.05, 3.63) is 0 Å². The highest BCUT2D eigenvalue weighted by Crippen LogP contribution is 2.29. The zero-order chi connectivity index (χ0) is 18.4. The highest BCUT2D eigenvalue weighted by Gasteiger charge is 2.38. The van der Waals surface area contributed by atoms with Crippen molar-refractivity contribution in [3.63, 3.8) is 0 Å². The largest absolute Gasteiger partial charge is 0.466 e. The third-order valence-corrected chi connectivity index (χ3v) is 4.15. The lowest BCUT2D eigenvalue weighted by Crippen LogP contribution is -2.33. The van der Waals surface area contributed by atoms with Gasteiger partial charge in [0.15, 0.2) is 5.79 Å². The molecule has 0 atom stereocenters. The maximum absolute atomic E-state index is 11.8. The van der Waals surface area contributed by atoms with E-state index in [4.69, 9.17) is 14.2 Å². The van der Waals surface area contributed by atoms with E-state index in [2.05, 4.69) is 18.8 Å². The van der Waals surface area contributed by atoms with Gasteiger partial charge >= 0.3 is 5.97 Å². The Morgan fingerprint density at radius 3 is 2.40 bits per heavy atom. The van der Waals surface area contributed by atoms with Gasteiger partial charge in [-0.2, -0.15) is 0 Å². The molecule has 1 heterocycles. The molecule has 0 radical (unpaired) electrons. The standard InChI is InChI=1S/C20H32O5/c1-3-5-6-7-8-9-12-18(21)13-10-11-14-20(24-15-16-25-20)17-19(22)23-4-2/h3-9,11-12,14-17H2,1-2H3. The van der Waals surface area contributed by atoms with Crippen molar-refractivity contribution < 1.29 is 23.8 Å². The van der Waals surface area contributed by atoms with Crippen molar-refractivity contribution in [2.24, 2.45) is 0 Å². The molecule has 1 rings (SSSR count). The first-order chi connectivity index (χ1) is 12.1. The maximum Gasteiger partial charge on any atom is 0.311 e. The number of esters is 1. The molecule has 0 aromatic rings. The summed E-state index contributed by atoms with van der Waals surface area (Å²) in [5.74, 6) is 4.29. The number of hydrogen-bond acceptors (Lipinski definition) is 5. The molecular formula is C20H32O5. The van der Waals surface area contributed by atoms with E-state index >= 15 is 0 Å². The van der Waals surface area contributed by atoms with Gasteiger partial charge in [-0.05, 0) is 19.3 Å². The second-order valence-corrected chi connectivity index (χ2v) is 6.33. The van der Waals surface area contributed by atoms with Gasteiger partial charge < -0.3 is 14.2 Å². The molecule has 5 nitrogen and oxygen atoms in total. The van der Waals surface area contributed by atoms with E-state index in [-0.39, 0.29) is 18.2 Å². The number of ketones is 1. The maximum atomic E-state index is 11.8. The SMILES string of the molecule is CCCCCCCCC(=O)C#CCCC1(CC(=O)OCC)OCCO1. The Morgan fingerprint density at radius 1 is 1.04 bits per heavy atom. The average molecular weight is 352 g/mol. The summed E-state index contributed by atoms with van der Waals surface area (Å²) in [6.07, 6.45) is 8.46. The first-order valence-corrected chi connectivity index (χ1v) is 9.57. The minimum absolute atomic E-state index is 0.0109. The van der Waals surface area contributed by atoms with Gasteiger partial charge in [-0.3, -0.25) is 9.59 Å². The molecule has 0 N–H and O–H groups in total. The zero-order valence-corrected chi connectivity index (χ0v) is 15.7. The number of rotatable bonds is 12. The normalized spacial score (nSPS) is 15.4. The minimum Gasteiger partial charge on any atom is -0.466 e. The lowest BCUT2D eigenvalue weighted by molar-refractivity contribution is -0.184. The Morgan fingerprint density at radius 2 is 1.72 bits per heavy atom. The predicted molar refractivity (Wildman–Crippen MR) is 95.9 cm³/mol. The van der Waals surface area contributed by atoms with Gasteiger partial charge in [0.2, 0.25) is 5.78 Å². The van der Waals surface area contributed by atoms with Gasteiger partial charge in [0.25, 0.3) is 0 Å². The van der Waals surface area contributed by atoms with Crippen LogP contribution in [0.1, 0.15) is 78.1 Å². The number of Topliss-reactive ketones (excluding diaryl/α,β-unsaturated/α-hetero) is 1. The van der Waals surface area contributed by atoms with Crippen molar-refractivity contribution in [1.82, 2.24) is 0 Å². The number of carbonyl (C=O) groups is 2. The topological polar surface area (TPSA) is 61.8 Å². The molecule has 0 amide bonds. The summed E-state index contributed by atoms with van der Waals surface area (Å²) in [4.78, 5) is 23.4. The molecule has 5 heteroatoms. The second kappa shape index (κ2) is 12.9. The van der Waals surface area contributed by atoms with Gasteiger partial charge in [0, 0.05) is 19.3 Å². The van der Waals surface area contributed by atoms with E-state index in [0.29, 0.717) is 39.1 Å². The highest BCUT2D eigenvalue weighted by atomic mass is 16.7. The summed E-state index contributed by atoms with van der Waals surface area (Å²) in [5, 5.41) is 0. The van der Waals surface area contributed by atoms with Crippen molar-refractivity contribution >= 4 is 11.8 Å². The Bertz CT molecular complexity index is 454. The van der Waals surface area contributed by atoms with Crippen molar-refractivity contribution in [1.29, 1.82) is 0 Å². The van der Waals surface area contributed by atoms with Crippen molar-refractivity contribution in [3.8, 4) is 11.8 Å². The van der Waals surface area contributed by atoms with E-state index in [1.54, 1.807) is 6.92 Å². The Hall–Kier alpha value is -1.38. The molecule has 0 aromatic carbocycles. The molecule has 142 valence electrons. The lowest BCUT2D eigenvalue weighted by Gasteiger charge is -2.25. The molecule has 25 heavy (non-hydrogen) atoms. The van der Waals surface area contributed by atoms with E-state index < -0.39 is 5.79 Å². The van der Waals surface area contributed by atoms with Crippen LogP contribution in [0.5, 0.6) is 0 Å². The summed E-state index contributed by atoms with van der Waals surface area (Å²) >= 11 is 0. The fraction of sp³-hybridized carbons (Fsp3) is 0.800. The number of ether oxygens (including phenoxy) is 3. The van der Waals surface area contributed by atoms with Crippen LogP contribution in [0.15, 0.2) is 0 Å². The fourth-order valence-corrected chi connectivity index (χ4v) is 2.81. The predicted octanol–water partition coefficient (Wildman–Crippen LogP) is 3.79. The molecule has 1 aliphatic heterocycles. The first kappa shape index (κ1) is 21.7. The molecule has 0 bridgehead atoms. The first-order valence-electron chi connectivity index (χ1n) is 9.57. The quantitative estimate of drug-likeness (QED) is 0.231. The third-order valence-electron chi connectivity index (χ3n) is 4.15. The van der Waals surface area contributed by atoms with E-state index in [0.717, 1.165) is 12.8 Å². The van der Waals surface area contributed by atoms with Crippen LogP contribution in [0, 0.1) is 11.8 Å². The number of hydrogen-bond donors (Lipinski definition) is 0. The number of carbonyl (C=O) groups excluding carboxylic acids is 2. The van der Waals surface area contributed by atoms with Crippen LogP contribution < -0.4 is 0 Å². The van der Waals surface area contributed by atoms with Gasteiger partial charge in [-0.25, -0.2) is 0 Å². The summed E-state index contributed by atoms with van der Waals surface area (Å²) in [6, 6.07) is 0. The van der Waals surface area contributed by atoms with Crippen LogP contribution in [-0.2, 0) is 23.8 Å². The second-order valence-electron chi connectivity index (χ2n) is 6.33. The van der Waals surface area contributed by atoms with E-state index in [1.165, 1.54) is 25.7 Å². The number of unbranched alkanes of at least 4 members (excludes halogenated alkanes) is 5. The van der Waals surface area contributed by atoms with Crippen molar-refractivity contribution in [2.45, 2.75) is 83.8 Å². The van der Waals surface area contributed by atoms with Crippen LogP contribution in [-0.4, -0.2) is 37.4 Å². The minimum atomic E-state index is -0.941. The molecule has 1 fully saturated rings. The van der Waals surface area contributed by atoms with Gasteiger partial charge in [0.1, 0.15) is 0 Å². The summed E-state index contributed by atoms with van der Waals surface area (Å²) in [6.45, 7) is 5.22. The van der Waals surface area contributed by atoms with Gasteiger partial charge in [-0.1, -0.05) is 44.9 Å². The summed E-state index contributed by atoms with van der Waals surface area (Å²) < 4.78 is 16.2. The molecule has 0 unspecified atom stereocenters. The zero-order valence-electron chi connectivity index (χ0n) is 15.7. The van der Waals surface area contributed by atoms with Crippen LogP contribution in [0.2, 0.25) is 0 Å². The van der Waals surface area contributed by atoms with Gasteiger partial charge in [-0.15, -0.1) is 0 Å². The molecule has 0 spiro atoms. The smallest absolute Gasteiger partial charge is 0.311 e. The monoisotopic (exact) mass is 352 g/mol. The van der Waals surface area contributed by atoms with Gasteiger partial charge in [0.05, 0.1) is 26.2 Å². The Balaban J connectivity index is 2.26. The van der Waals surface area contributed by atoms with Crippen LogP contribution in [0.3, 0.4) is 0 Å². The van der Waals surface area contributed by atoms with E-state index in [1.807, 2.05) is 0 Å².